The predicted octanol–water partition coefficient (Wildman–Crippen LogP) is 3.62. The lowest BCUT2D eigenvalue weighted by atomic mass is 10.1. The van der Waals surface area contributed by atoms with Gasteiger partial charge in [-0.1, -0.05) is 6.07 Å². The number of aromatic hydroxyl groups is 1. The van der Waals surface area contributed by atoms with Gasteiger partial charge in [0, 0.05) is 16.1 Å². The highest BCUT2D eigenvalue weighted by molar-refractivity contribution is 9.10. The van der Waals surface area contributed by atoms with Crippen molar-refractivity contribution in [1.82, 2.24) is 0 Å². The summed E-state index contributed by atoms with van der Waals surface area (Å²) in [4.78, 5) is 22.0. The number of benzene rings is 2. The number of amides is 1. The van der Waals surface area contributed by atoms with Gasteiger partial charge in [-0.15, -0.1) is 0 Å². The minimum absolute atomic E-state index is 0.130. The number of phenols is 1. The smallest absolute Gasteiger partial charge is 0.310 e. The van der Waals surface area contributed by atoms with Crippen LogP contribution >= 0.6 is 15.9 Å². The van der Waals surface area contributed by atoms with Crippen molar-refractivity contribution >= 4 is 33.2 Å². The molecule has 7 heteroatoms. The summed E-state index contributed by atoms with van der Waals surface area (Å²) in [6, 6.07) is 8.87. The number of hydrogen-bond donors (Lipinski definition) is 2. The van der Waals surface area contributed by atoms with E-state index >= 15 is 0 Å². The maximum atomic E-state index is 12.1. The fraction of sp³-hybridized carbons (Fsp3) is 0.0714. The summed E-state index contributed by atoms with van der Waals surface area (Å²) >= 11 is 3.34. The summed E-state index contributed by atoms with van der Waals surface area (Å²) in [6.45, 7) is 1.92. The van der Waals surface area contributed by atoms with Crippen molar-refractivity contribution in [2.75, 3.05) is 5.32 Å². The van der Waals surface area contributed by atoms with E-state index in [1.807, 2.05) is 19.1 Å². The Morgan fingerprint density at radius 3 is 2.57 bits per heavy atom. The topological polar surface area (TPSA) is 92.5 Å². The zero-order valence-electron chi connectivity index (χ0n) is 11.0. The van der Waals surface area contributed by atoms with Crippen LogP contribution in [0.5, 0.6) is 5.75 Å². The fourth-order valence-electron chi connectivity index (χ4n) is 1.74. The van der Waals surface area contributed by atoms with Crippen molar-refractivity contribution in [3.8, 4) is 5.75 Å². The quantitative estimate of drug-likeness (QED) is 0.652. The Morgan fingerprint density at radius 2 is 2.00 bits per heavy atom. The first-order valence-electron chi connectivity index (χ1n) is 5.93. The number of aryl methyl sites for hydroxylation is 1. The van der Waals surface area contributed by atoms with Crippen LogP contribution in [-0.2, 0) is 0 Å². The summed E-state index contributed by atoms with van der Waals surface area (Å²) in [7, 11) is 0. The van der Waals surface area contributed by atoms with E-state index in [0.29, 0.717) is 5.69 Å². The van der Waals surface area contributed by atoms with Gasteiger partial charge in [0.1, 0.15) is 0 Å². The largest absolute Gasteiger partial charge is 0.502 e. The second-order valence-corrected chi connectivity index (χ2v) is 5.25. The molecule has 0 aliphatic rings. The molecule has 0 spiro atoms. The number of phenolic OH excluding ortho intramolecular Hbond substituents is 1. The first kappa shape index (κ1) is 15.0. The molecule has 2 N–H and O–H groups in total. The van der Waals surface area contributed by atoms with Gasteiger partial charge in [0.15, 0.2) is 5.75 Å². The van der Waals surface area contributed by atoms with Gasteiger partial charge in [-0.2, -0.15) is 0 Å². The maximum absolute atomic E-state index is 12.1. The van der Waals surface area contributed by atoms with E-state index in [2.05, 4.69) is 21.2 Å². The maximum Gasteiger partial charge on any atom is 0.310 e. The van der Waals surface area contributed by atoms with Gasteiger partial charge in [-0.05, 0) is 52.7 Å². The predicted molar refractivity (Wildman–Crippen MR) is 81.6 cm³/mol. The first-order valence-corrected chi connectivity index (χ1v) is 6.72. The number of nitrogens with zero attached hydrogens (tertiary/aromatic N) is 1. The molecule has 108 valence electrons. The minimum Gasteiger partial charge on any atom is -0.502 e. The molecule has 0 unspecified atom stereocenters. The zero-order chi connectivity index (χ0) is 15.6. The van der Waals surface area contributed by atoms with Crippen LogP contribution in [0.3, 0.4) is 0 Å². The van der Waals surface area contributed by atoms with Crippen molar-refractivity contribution in [3.63, 3.8) is 0 Å². The molecular weight excluding hydrogens is 340 g/mol. The third-order valence-corrected chi connectivity index (χ3v) is 3.46. The number of carbonyl (C=O) groups is 1. The summed E-state index contributed by atoms with van der Waals surface area (Å²) < 4.78 is 0.724. The average Bonchev–Trinajstić information content (AvgIpc) is 2.41. The Hall–Kier alpha value is -2.41. The number of halogens is 1. The molecule has 0 bridgehead atoms. The number of rotatable bonds is 3. The number of nitro benzene ring substituents is 1. The normalized spacial score (nSPS) is 10.2. The Balaban J connectivity index is 2.24. The molecule has 0 aromatic heterocycles. The number of anilines is 1. The van der Waals surface area contributed by atoms with Gasteiger partial charge < -0.3 is 10.4 Å². The molecule has 21 heavy (non-hydrogen) atoms. The molecule has 0 aliphatic heterocycles. The Bertz CT molecular complexity index is 731. The molecule has 0 aliphatic carbocycles. The fourth-order valence-corrected chi connectivity index (χ4v) is 2.33. The second-order valence-electron chi connectivity index (χ2n) is 4.40. The highest BCUT2D eigenvalue weighted by Gasteiger charge is 2.16. The molecule has 0 atom stereocenters. The zero-order valence-corrected chi connectivity index (χ0v) is 12.5. The number of carbonyl (C=O) groups excluding carboxylic acids is 1. The van der Waals surface area contributed by atoms with E-state index in [9.17, 15) is 20.0 Å². The van der Waals surface area contributed by atoms with Crippen LogP contribution in [0.2, 0.25) is 0 Å². The molecule has 0 saturated carbocycles. The van der Waals surface area contributed by atoms with Crippen LogP contribution < -0.4 is 5.32 Å². The summed E-state index contributed by atoms with van der Waals surface area (Å²) in [5.41, 5.74) is 1.30. The Labute approximate surface area is 128 Å². The molecule has 6 nitrogen and oxygen atoms in total. The second kappa shape index (κ2) is 5.92. The van der Waals surface area contributed by atoms with Gasteiger partial charge in [-0.25, -0.2) is 0 Å². The van der Waals surface area contributed by atoms with Crippen LogP contribution in [0.15, 0.2) is 40.9 Å². The van der Waals surface area contributed by atoms with Crippen molar-refractivity contribution in [1.29, 1.82) is 0 Å². The van der Waals surface area contributed by atoms with Gasteiger partial charge in [0.2, 0.25) is 0 Å². The Kier molecular flexibility index (Phi) is 4.23. The third kappa shape index (κ3) is 3.38. The van der Waals surface area contributed by atoms with E-state index in [1.54, 1.807) is 6.07 Å². The van der Waals surface area contributed by atoms with Crippen molar-refractivity contribution < 1.29 is 14.8 Å². The van der Waals surface area contributed by atoms with Crippen LogP contribution in [0.1, 0.15) is 15.9 Å². The molecule has 2 rings (SSSR count). The number of nitro groups is 1. The molecule has 0 saturated heterocycles. The molecule has 2 aromatic rings. The lowest BCUT2D eigenvalue weighted by Crippen LogP contribution is -2.12. The van der Waals surface area contributed by atoms with E-state index in [-0.39, 0.29) is 5.56 Å². The number of hydrogen-bond acceptors (Lipinski definition) is 4. The SMILES string of the molecule is Cc1ccc(NC(=O)c2ccc([N+](=O)[O-])c(O)c2)c(Br)c1. The average molecular weight is 351 g/mol. The summed E-state index contributed by atoms with van der Waals surface area (Å²) in [5.74, 6) is -1.01. The monoisotopic (exact) mass is 350 g/mol. The highest BCUT2D eigenvalue weighted by atomic mass is 79.9. The third-order valence-electron chi connectivity index (χ3n) is 2.81. The summed E-state index contributed by atoms with van der Waals surface area (Å²) in [6.07, 6.45) is 0. The Morgan fingerprint density at radius 1 is 1.29 bits per heavy atom. The van der Waals surface area contributed by atoms with Gasteiger partial charge in [-0.3, -0.25) is 14.9 Å². The first-order chi connectivity index (χ1) is 9.88. The lowest BCUT2D eigenvalue weighted by Gasteiger charge is -2.08. The van der Waals surface area contributed by atoms with E-state index in [0.717, 1.165) is 22.2 Å². The molecule has 0 radical (unpaired) electrons. The van der Waals surface area contributed by atoms with Crippen molar-refractivity contribution in [2.45, 2.75) is 6.92 Å². The van der Waals surface area contributed by atoms with Crippen LogP contribution in [0, 0.1) is 17.0 Å². The van der Waals surface area contributed by atoms with Crippen LogP contribution in [0.25, 0.3) is 0 Å². The van der Waals surface area contributed by atoms with Gasteiger partial charge in [0.25, 0.3) is 5.91 Å². The van der Waals surface area contributed by atoms with Crippen LogP contribution in [0.4, 0.5) is 11.4 Å². The van der Waals surface area contributed by atoms with E-state index < -0.39 is 22.3 Å². The molecule has 0 fully saturated rings. The highest BCUT2D eigenvalue weighted by Crippen LogP contribution is 2.28. The molecule has 2 aromatic carbocycles. The van der Waals surface area contributed by atoms with Crippen LogP contribution in [-0.4, -0.2) is 15.9 Å². The van der Waals surface area contributed by atoms with E-state index in [1.165, 1.54) is 6.07 Å². The van der Waals surface area contributed by atoms with Crippen molar-refractivity contribution in [3.05, 3.63) is 62.1 Å². The van der Waals surface area contributed by atoms with Gasteiger partial charge >= 0.3 is 5.69 Å². The minimum atomic E-state index is -0.715. The lowest BCUT2D eigenvalue weighted by molar-refractivity contribution is -0.385. The molecule has 0 heterocycles. The van der Waals surface area contributed by atoms with Gasteiger partial charge in [0.05, 0.1) is 10.6 Å². The van der Waals surface area contributed by atoms with E-state index in [4.69, 9.17) is 0 Å². The standard InChI is InChI=1S/C14H11BrN2O4/c1-8-2-4-11(10(15)6-8)16-14(19)9-3-5-12(17(20)21)13(18)7-9/h2-7,18H,1H3,(H,16,19). The molecule has 1 amide bonds. The molecular formula is C14H11BrN2O4. The van der Waals surface area contributed by atoms with Crippen molar-refractivity contribution in [2.24, 2.45) is 0 Å². The number of nitrogens with one attached hydrogen (secondary N) is 1. The summed E-state index contributed by atoms with van der Waals surface area (Å²) in [5, 5.41) is 22.8.